The maximum Gasteiger partial charge on any atom is 0.330 e. The van der Waals surface area contributed by atoms with Crippen LogP contribution in [0.25, 0.3) is 28.1 Å². The maximum atomic E-state index is 10.4. The minimum absolute atomic E-state index is 0.196. The van der Waals surface area contributed by atoms with Gasteiger partial charge in [0.1, 0.15) is 5.82 Å². The lowest BCUT2D eigenvalue weighted by Gasteiger charge is -2.32. The molecule has 0 saturated heterocycles. The van der Waals surface area contributed by atoms with E-state index in [4.69, 9.17) is 9.64 Å². The molecule has 157 valence electrons. The van der Waals surface area contributed by atoms with E-state index in [1.54, 1.807) is 21.3 Å². The van der Waals surface area contributed by atoms with Gasteiger partial charge in [-0.05, 0) is 44.0 Å². The van der Waals surface area contributed by atoms with Crippen molar-refractivity contribution in [1.29, 1.82) is 0 Å². The van der Waals surface area contributed by atoms with Crippen molar-refractivity contribution in [3.8, 4) is 17.1 Å². The summed E-state index contributed by atoms with van der Waals surface area (Å²) in [4.78, 5) is 4.91. The molecule has 0 amide bonds. The molecular weight excluding hydrogens is 383 g/mol. The van der Waals surface area contributed by atoms with Crippen molar-refractivity contribution < 1.29 is 9.76 Å². The second-order valence-electron chi connectivity index (χ2n) is 8.79. The summed E-state index contributed by atoms with van der Waals surface area (Å²) in [5.74, 6) is 1.10. The smallest absolute Gasteiger partial charge is 0.330 e. The first-order chi connectivity index (χ1) is 14.8. The summed E-state index contributed by atoms with van der Waals surface area (Å²) in [6.45, 7) is 7.66. The van der Waals surface area contributed by atoms with Crippen LogP contribution in [0.15, 0.2) is 78.9 Å². The van der Waals surface area contributed by atoms with Gasteiger partial charge in [-0.3, -0.25) is 4.57 Å². The molecule has 4 aromatic rings. The number of rotatable bonds is 7. The molecule has 5 heteroatoms. The molecular formula is C26H28BN2O2. The molecule has 31 heavy (non-hydrogen) atoms. The average Bonchev–Trinajstić information content (AvgIpc) is 3.13. The van der Waals surface area contributed by atoms with Gasteiger partial charge < -0.3 is 9.76 Å². The molecule has 4 rings (SSSR count). The number of nitrogens with zero attached hydrogens (tertiary/aromatic N) is 2. The highest BCUT2D eigenvalue weighted by Gasteiger charge is 2.30. The van der Waals surface area contributed by atoms with E-state index in [1.807, 2.05) is 62.4 Å². The molecule has 0 saturated carbocycles. The Labute approximate surface area is 184 Å². The van der Waals surface area contributed by atoms with Gasteiger partial charge in [-0.1, -0.05) is 73.9 Å². The van der Waals surface area contributed by atoms with Crippen LogP contribution in [-0.2, 0) is 4.65 Å². The number of aliphatic hydroxyl groups is 1. The molecule has 3 aromatic carbocycles. The predicted octanol–water partition coefficient (Wildman–Crippen LogP) is 4.75. The minimum Gasteiger partial charge on any atom is -0.428 e. The van der Waals surface area contributed by atoms with E-state index in [9.17, 15) is 5.11 Å². The van der Waals surface area contributed by atoms with Crippen molar-refractivity contribution in [2.24, 2.45) is 5.92 Å². The Bertz CT molecular complexity index is 1150. The summed E-state index contributed by atoms with van der Waals surface area (Å²) in [5.41, 5.74) is 4.18. The third-order valence-corrected chi connectivity index (χ3v) is 5.40. The SMILES string of the molecule is CC(C)C(O[B]c1ccc(-c2nc3ccccc3n2-c2ccccc2)cc1)C(C)(C)O. The Morgan fingerprint density at radius 1 is 0.903 bits per heavy atom. The zero-order valence-electron chi connectivity index (χ0n) is 18.5. The van der Waals surface area contributed by atoms with Crippen molar-refractivity contribution in [2.75, 3.05) is 0 Å². The highest BCUT2D eigenvalue weighted by molar-refractivity contribution is 6.47. The summed E-state index contributed by atoms with van der Waals surface area (Å²) in [7, 11) is 1.73. The van der Waals surface area contributed by atoms with E-state index in [0.29, 0.717) is 0 Å². The Morgan fingerprint density at radius 3 is 2.19 bits per heavy atom. The fraction of sp³-hybridized carbons (Fsp3) is 0.269. The van der Waals surface area contributed by atoms with E-state index >= 15 is 0 Å². The van der Waals surface area contributed by atoms with Gasteiger partial charge >= 0.3 is 7.48 Å². The lowest BCUT2D eigenvalue weighted by atomic mass is 9.84. The lowest BCUT2D eigenvalue weighted by Crippen LogP contribution is -2.44. The first-order valence-corrected chi connectivity index (χ1v) is 10.7. The van der Waals surface area contributed by atoms with Gasteiger partial charge in [-0.15, -0.1) is 0 Å². The number of hydrogen-bond donors (Lipinski definition) is 1. The second kappa shape index (κ2) is 8.70. The van der Waals surface area contributed by atoms with Crippen molar-refractivity contribution in [1.82, 2.24) is 9.55 Å². The number of aromatic nitrogens is 2. The van der Waals surface area contributed by atoms with Crippen molar-refractivity contribution in [2.45, 2.75) is 39.4 Å². The molecule has 4 nitrogen and oxygen atoms in total. The van der Waals surface area contributed by atoms with Crippen LogP contribution in [-0.4, -0.2) is 33.8 Å². The Kier molecular flexibility index (Phi) is 5.99. The molecule has 1 heterocycles. The Hall–Kier alpha value is -2.89. The first-order valence-electron chi connectivity index (χ1n) is 10.7. The van der Waals surface area contributed by atoms with Gasteiger partial charge in [0.05, 0.1) is 22.7 Å². The maximum absolute atomic E-state index is 10.4. The highest BCUT2D eigenvalue weighted by Crippen LogP contribution is 2.28. The molecule has 0 aliphatic rings. The normalized spacial score (nSPS) is 13.0. The van der Waals surface area contributed by atoms with Crippen LogP contribution in [0.1, 0.15) is 27.7 Å². The van der Waals surface area contributed by atoms with Crippen LogP contribution >= 0.6 is 0 Å². The van der Waals surface area contributed by atoms with E-state index in [2.05, 4.69) is 34.9 Å². The minimum atomic E-state index is -0.912. The third-order valence-electron chi connectivity index (χ3n) is 5.40. The molecule has 1 aromatic heterocycles. The molecule has 0 bridgehead atoms. The Balaban J connectivity index is 1.64. The fourth-order valence-electron chi connectivity index (χ4n) is 4.06. The second-order valence-corrected chi connectivity index (χ2v) is 8.79. The van der Waals surface area contributed by atoms with E-state index in [1.165, 1.54) is 0 Å². The van der Waals surface area contributed by atoms with Crippen LogP contribution in [0.2, 0.25) is 0 Å². The van der Waals surface area contributed by atoms with Gasteiger partial charge in [0.25, 0.3) is 0 Å². The first kappa shape index (κ1) is 21.4. The molecule has 1 unspecified atom stereocenters. The lowest BCUT2D eigenvalue weighted by molar-refractivity contribution is -0.0534. The number of hydrogen-bond acceptors (Lipinski definition) is 3. The van der Waals surface area contributed by atoms with Crippen LogP contribution in [0.3, 0.4) is 0 Å². The zero-order chi connectivity index (χ0) is 22.0. The van der Waals surface area contributed by atoms with Crippen LogP contribution in [0, 0.1) is 5.92 Å². The number of benzene rings is 3. The van der Waals surface area contributed by atoms with Gasteiger partial charge in [0.2, 0.25) is 0 Å². The largest absolute Gasteiger partial charge is 0.428 e. The predicted molar refractivity (Wildman–Crippen MR) is 128 cm³/mol. The van der Waals surface area contributed by atoms with Crippen LogP contribution in [0.5, 0.6) is 0 Å². The zero-order valence-corrected chi connectivity index (χ0v) is 18.5. The van der Waals surface area contributed by atoms with E-state index in [0.717, 1.165) is 33.6 Å². The number of fused-ring (bicyclic) bond motifs is 1. The molecule has 1 atom stereocenters. The van der Waals surface area contributed by atoms with Gasteiger partial charge in [0.15, 0.2) is 0 Å². The summed E-state index contributed by atoms with van der Waals surface area (Å²) in [5, 5.41) is 10.4. The molecule has 1 N–H and O–H groups in total. The topological polar surface area (TPSA) is 47.3 Å². The van der Waals surface area contributed by atoms with E-state index in [-0.39, 0.29) is 12.0 Å². The molecule has 0 aliphatic heterocycles. The molecule has 1 radical (unpaired) electrons. The number of imidazole rings is 1. The third kappa shape index (κ3) is 4.58. The summed E-state index contributed by atoms with van der Waals surface area (Å²) < 4.78 is 8.13. The Morgan fingerprint density at radius 2 is 1.55 bits per heavy atom. The molecule has 0 fully saturated rings. The standard InChI is InChI=1S/C26H28BN2O2/c1-18(2)24(26(3,4)30)31-27-20-16-14-19(15-17-20)25-28-22-12-8-9-13-23(22)29(25)21-10-6-5-7-11-21/h5-18,24,30H,1-4H3. The van der Waals surface area contributed by atoms with Crippen molar-refractivity contribution >= 4 is 24.0 Å². The van der Waals surface area contributed by atoms with Crippen molar-refractivity contribution in [3.63, 3.8) is 0 Å². The molecule has 0 aliphatic carbocycles. The van der Waals surface area contributed by atoms with Crippen molar-refractivity contribution in [3.05, 3.63) is 78.9 Å². The summed E-state index contributed by atoms with van der Waals surface area (Å²) in [6.07, 6.45) is -0.283. The summed E-state index contributed by atoms with van der Waals surface area (Å²) >= 11 is 0. The van der Waals surface area contributed by atoms with Crippen LogP contribution in [0.4, 0.5) is 0 Å². The van der Waals surface area contributed by atoms with Gasteiger partial charge in [0, 0.05) is 11.3 Å². The molecule has 0 spiro atoms. The highest BCUT2D eigenvalue weighted by atomic mass is 16.5. The summed E-state index contributed by atoms with van der Waals surface area (Å²) in [6, 6.07) is 26.6. The van der Waals surface area contributed by atoms with Gasteiger partial charge in [-0.25, -0.2) is 4.98 Å². The van der Waals surface area contributed by atoms with Gasteiger partial charge in [-0.2, -0.15) is 0 Å². The van der Waals surface area contributed by atoms with E-state index < -0.39 is 5.60 Å². The van der Waals surface area contributed by atoms with Crippen LogP contribution < -0.4 is 5.46 Å². The average molecular weight is 411 g/mol. The number of para-hydroxylation sites is 3. The monoisotopic (exact) mass is 411 g/mol. The fourth-order valence-corrected chi connectivity index (χ4v) is 4.06. The quantitative estimate of drug-likeness (QED) is 0.447.